The predicted molar refractivity (Wildman–Crippen MR) is 151 cm³/mol. The van der Waals surface area contributed by atoms with Crippen LogP contribution >= 0.6 is 0 Å². The molecule has 0 unspecified atom stereocenters. The maximum Gasteiger partial charge on any atom is 0.334 e. The average molecular weight is 527 g/mol. The van der Waals surface area contributed by atoms with Crippen LogP contribution in [0.3, 0.4) is 0 Å². The van der Waals surface area contributed by atoms with Crippen molar-refractivity contribution in [3.63, 3.8) is 0 Å². The van der Waals surface area contributed by atoms with E-state index in [1.165, 1.54) is 31.3 Å². The second-order valence-electron chi connectivity index (χ2n) is 12.9. The fraction of sp³-hybridized carbons (Fsp3) is 0.727. The minimum atomic E-state index is -0.763. The normalized spacial score (nSPS) is 40.6. The van der Waals surface area contributed by atoms with Crippen LogP contribution < -0.4 is 0 Å². The van der Waals surface area contributed by atoms with Crippen molar-refractivity contribution in [1.29, 1.82) is 0 Å². The molecule has 0 spiro atoms. The molecule has 1 heterocycles. The molecule has 4 aliphatic rings. The zero-order chi connectivity index (χ0) is 27.6. The van der Waals surface area contributed by atoms with Crippen LogP contribution in [-0.4, -0.2) is 46.2 Å². The van der Waals surface area contributed by atoms with Gasteiger partial charge in [0.05, 0.1) is 12.2 Å². The van der Waals surface area contributed by atoms with Crippen molar-refractivity contribution >= 4 is 5.97 Å². The number of carbonyl (C=O) groups is 1. The molecule has 3 aliphatic carbocycles. The molecule has 0 amide bonds. The molecule has 3 saturated carbocycles. The zero-order valence-corrected chi connectivity index (χ0v) is 23.8. The highest BCUT2D eigenvalue weighted by Gasteiger charge is 2.51. The first-order chi connectivity index (χ1) is 18.1. The van der Waals surface area contributed by atoms with Crippen molar-refractivity contribution in [3.05, 3.63) is 47.6 Å². The minimum absolute atomic E-state index is 0.0349. The number of ether oxygens (including phenoxy) is 1. The van der Waals surface area contributed by atoms with Crippen LogP contribution in [0.25, 0.3) is 0 Å². The summed E-state index contributed by atoms with van der Waals surface area (Å²) in [4.78, 5) is 12.3. The van der Waals surface area contributed by atoms with E-state index >= 15 is 0 Å². The molecule has 9 atom stereocenters. The van der Waals surface area contributed by atoms with E-state index in [2.05, 4.69) is 46.1 Å². The number of aliphatic hydroxyl groups is 3. The molecule has 0 aromatic rings. The summed E-state index contributed by atoms with van der Waals surface area (Å²) in [6.07, 6.45) is 13.4. The van der Waals surface area contributed by atoms with E-state index in [9.17, 15) is 15.0 Å². The third kappa shape index (κ3) is 5.62. The van der Waals surface area contributed by atoms with Gasteiger partial charge in [-0.1, -0.05) is 58.1 Å². The van der Waals surface area contributed by atoms with Gasteiger partial charge in [-0.05, 0) is 98.5 Å². The quantitative estimate of drug-likeness (QED) is 0.251. The Balaban J connectivity index is 1.46. The molecule has 0 radical (unpaired) electrons. The summed E-state index contributed by atoms with van der Waals surface area (Å²) >= 11 is 0. The Kier molecular flexibility index (Phi) is 9.43. The molecule has 0 aromatic carbocycles. The Hall–Kier alpha value is -1.69. The molecule has 0 bridgehead atoms. The third-order valence-corrected chi connectivity index (χ3v) is 10.6. The summed E-state index contributed by atoms with van der Waals surface area (Å²) in [7, 11) is 0. The van der Waals surface area contributed by atoms with Gasteiger partial charge in [-0.3, -0.25) is 0 Å². The lowest BCUT2D eigenvalue weighted by Crippen LogP contribution is -2.38. The van der Waals surface area contributed by atoms with Gasteiger partial charge in [-0.15, -0.1) is 0 Å². The van der Waals surface area contributed by atoms with E-state index in [1.807, 2.05) is 0 Å². The van der Waals surface area contributed by atoms with Gasteiger partial charge >= 0.3 is 5.97 Å². The fourth-order valence-electron chi connectivity index (χ4n) is 8.53. The third-order valence-electron chi connectivity index (χ3n) is 10.6. The number of fused-ring (bicyclic) bond motifs is 1. The Morgan fingerprint density at radius 1 is 1.16 bits per heavy atom. The minimum Gasteiger partial charge on any atom is -0.458 e. The highest BCUT2D eigenvalue weighted by atomic mass is 16.6. The highest BCUT2D eigenvalue weighted by molar-refractivity contribution is 5.90. The van der Waals surface area contributed by atoms with Gasteiger partial charge < -0.3 is 20.1 Å². The molecule has 1 saturated heterocycles. The molecule has 4 rings (SSSR count). The Bertz CT molecular complexity index is 962. The molecule has 38 heavy (non-hydrogen) atoms. The first kappa shape index (κ1) is 29.3. The summed E-state index contributed by atoms with van der Waals surface area (Å²) in [5.74, 6) is 1.31. The maximum absolute atomic E-state index is 12.3. The summed E-state index contributed by atoms with van der Waals surface area (Å²) in [5.41, 5.74) is 4.04. The number of esters is 1. The SMILES string of the molecule is C=C1/C(=C\C=C2/CCC[C@]3(C)[C@@H]([C@H](C)C[C@@H]4OC(=O)C(=C)[C@H]4CCC)CC[C@@H]23)C[C@@H](O)[C@H](CCCO)[C@@H]1O. The average Bonchev–Trinajstić information content (AvgIpc) is 3.37. The number of aliphatic hydroxyl groups excluding tert-OH is 3. The first-order valence-electron chi connectivity index (χ1n) is 15.1. The van der Waals surface area contributed by atoms with Crippen molar-refractivity contribution in [1.82, 2.24) is 0 Å². The van der Waals surface area contributed by atoms with Gasteiger partial charge in [0, 0.05) is 24.0 Å². The molecule has 5 heteroatoms. The standard InChI is InChI=1S/C33H50O5/c1-6-9-25-22(4)32(37)38-30(25)18-20(2)27-14-15-28-23(10-7-16-33(27,28)5)12-13-24-19-29(35)26(11-8-17-34)31(36)21(24)3/h12-13,20,25-31,34-36H,3-4,6-11,14-19H2,1-2,5H3/b23-12+,24-13-/t20-,25-,26+,27-,28+,29-,30+,31-,33-/m1/s1. The summed E-state index contributed by atoms with van der Waals surface area (Å²) < 4.78 is 5.80. The van der Waals surface area contributed by atoms with Crippen LogP contribution in [0.4, 0.5) is 0 Å². The van der Waals surface area contributed by atoms with Gasteiger partial charge in [0.25, 0.3) is 0 Å². The molecule has 3 N–H and O–H groups in total. The van der Waals surface area contributed by atoms with Crippen molar-refractivity contribution in [2.24, 2.45) is 35.0 Å². The fourth-order valence-corrected chi connectivity index (χ4v) is 8.53. The van der Waals surface area contributed by atoms with Crippen LogP contribution in [0, 0.1) is 35.0 Å². The van der Waals surface area contributed by atoms with Crippen molar-refractivity contribution in [2.75, 3.05) is 6.61 Å². The number of hydrogen-bond acceptors (Lipinski definition) is 5. The van der Waals surface area contributed by atoms with Gasteiger partial charge in [0.2, 0.25) is 0 Å². The number of carbonyl (C=O) groups excluding carboxylic acids is 1. The Labute approximate surface area is 229 Å². The Morgan fingerprint density at radius 2 is 1.92 bits per heavy atom. The first-order valence-corrected chi connectivity index (χ1v) is 15.1. The highest BCUT2D eigenvalue weighted by Crippen LogP contribution is 2.60. The van der Waals surface area contributed by atoms with Crippen molar-refractivity contribution in [2.45, 2.75) is 110 Å². The van der Waals surface area contributed by atoms with Crippen LogP contribution in [0.1, 0.15) is 91.4 Å². The largest absolute Gasteiger partial charge is 0.458 e. The topological polar surface area (TPSA) is 87.0 Å². The molecule has 212 valence electrons. The lowest BCUT2D eigenvalue weighted by atomic mass is 9.60. The van der Waals surface area contributed by atoms with Crippen molar-refractivity contribution < 1.29 is 24.9 Å². The van der Waals surface area contributed by atoms with Crippen LogP contribution in [-0.2, 0) is 9.53 Å². The van der Waals surface area contributed by atoms with E-state index in [1.54, 1.807) is 0 Å². The number of cyclic esters (lactones) is 1. The van der Waals surface area contributed by atoms with Crippen LogP contribution in [0.15, 0.2) is 47.6 Å². The molecule has 4 fully saturated rings. The Morgan fingerprint density at radius 3 is 2.63 bits per heavy atom. The predicted octanol–water partition coefficient (Wildman–Crippen LogP) is 6.05. The molecule has 1 aliphatic heterocycles. The second-order valence-corrected chi connectivity index (χ2v) is 12.9. The van der Waals surface area contributed by atoms with E-state index < -0.39 is 12.2 Å². The molecular weight excluding hydrogens is 476 g/mol. The van der Waals surface area contributed by atoms with Gasteiger partial charge in [0.15, 0.2) is 0 Å². The van der Waals surface area contributed by atoms with E-state index in [0.29, 0.717) is 48.2 Å². The van der Waals surface area contributed by atoms with E-state index in [-0.39, 0.29) is 35.9 Å². The van der Waals surface area contributed by atoms with Crippen LogP contribution in [0.2, 0.25) is 0 Å². The van der Waals surface area contributed by atoms with Gasteiger partial charge in [0.1, 0.15) is 6.10 Å². The van der Waals surface area contributed by atoms with E-state index in [0.717, 1.165) is 31.3 Å². The molecule has 5 nitrogen and oxygen atoms in total. The molecular formula is C33H50O5. The van der Waals surface area contributed by atoms with Gasteiger partial charge in [-0.25, -0.2) is 4.79 Å². The van der Waals surface area contributed by atoms with Crippen molar-refractivity contribution in [3.8, 4) is 0 Å². The zero-order valence-electron chi connectivity index (χ0n) is 23.8. The van der Waals surface area contributed by atoms with Crippen LogP contribution in [0.5, 0.6) is 0 Å². The summed E-state index contributed by atoms with van der Waals surface area (Å²) in [5, 5.41) is 30.7. The summed E-state index contributed by atoms with van der Waals surface area (Å²) in [6.45, 7) is 15.3. The smallest absolute Gasteiger partial charge is 0.334 e. The summed E-state index contributed by atoms with van der Waals surface area (Å²) in [6, 6.07) is 0. The monoisotopic (exact) mass is 526 g/mol. The second kappa shape index (κ2) is 12.2. The molecule has 0 aromatic heterocycles. The van der Waals surface area contributed by atoms with E-state index in [4.69, 9.17) is 9.84 Å². The number of allylic oxidation sites excluding steroid dienone is 3. The number of rotatable bonds is 9. The number of hydrogen-bond donors (Lipinski definition) is 3. The maximum atomic E-state index is 12.3. The lowest BCUT2D eigenvalue weighted by Gasteiger charge is -2.45. The van der Waals surface area contributed by atoms with Gasteiger partial charge in [-0.2, -0.15) is 0 Å². The lowest BCUT2D eigenvalue weighted by molar-refractivity contribution is -0.140.